The molecule has 0 fully saturated rings. The van der Waals surface area contributed by atoms with Crippen LogP contribution in [0.25, 0.3) is 11.3 Å². The molecule has 68 valence electrons. The van der Waals surface area contributed by atoms with Gasteiger partial charge in [0, 0.05) is 11.1 Å². The topological polar surface area (TPSA) is 49.8 Å². The maximum absolute atomic E-state index is 8.63. The normalized spacial score (nSPS) is 9.71. The maximum atomic E-state index is 8.63. The van der Waals surface area contributed by atoms with E-state index in [2.05, 4.69) is 11.2 Å². The molecule has 1 aromatic carbocycles. The molecule has 0 radical (unpaired) electrons. The van der Waals surface area contributed by atoms with Crippen LogP contribution >= 0.6 is 0 Å². The summed E-state index contributed by atoms with van der Waals surface area (Å²) in [5.74, 6) is 0.759. The van der Waals surface area contributed by atoms with Crippen LogP contribution in [0.1, 0.15) is 11.1 Å². The van der Waals surface area contributed by atoms with E-state index in [0.29, 0.717) is 5.56 Å². The molecule has 0 unspecified atom stereocenters. The molecule has 0 aliphatic heterocycles. The van der Waals surface area contributed by atoms with Crippen LogP contribution in [0.2, 0.25) is 0 Å². The van der Waals surface area contributed by atoms with Crippen molar-refractivity contribution in [1.29, 1.82) is 5.26 Å². The fourth-order valence-corrected chi connectivity index (χ4v) is 1.27. The Morgan fingerprint density at radius 1 is 1.29 bits per heavy atom. The molecule has 3 nitrogen and oxygen atoms in total. The van der Waals surface area contributed by atoms with E-state index < -0.39 is 0 Å². The highest BCUT2D eigenvalue weighted by Crippen LogP contribution is 2.22. The van der Waals surface area contributed by atoms with Gasteiger partial charge in [-0.1, -0.05) is 5.16 Å². The number of aromatic nitrogens is 1. The Bertz CT molecular complexity index is 477. The predicted molar refractivity (Wildman–Crippen MR) is 51.4 cm³/mol. The molecule has 2 rings (SSSR count). The Hall–Kier alpha value is -2.08. The summed E-state index contributed by atoms with van der Waals surface area (Å²) in [4.78, 5) is 0. The Kier molecular flexibility index (Phi) is 2.04. The third-order valence-corrected chi connectivity index (χ3v) is 2.02. The van der Waals surface area contributed by atoms with Gasteiger partial charge in [-0.3, -0.25) is 0 Å². The Morgan fingerprint density at radius 2 is 2.00 bits per heavy atom. The van der Waals surface area contributed by atoms with Crippen molar-refractivity contribution in [2.75, 3.05) is 0 Å². The predicted octanol–water partition coefficient (Wildman–Crippen LogP) is 2.52. The van der Waals surface area contributed by atoms with E-state index in [-0.39, 0.29) is 0 Å². The number of hydrogen-bond donors (Lipinski definition) is 0. The Balaban J connectivity index is 2.45. The first-order chi connectivity index (χ1) is 6.81. The molecule has 14 heavy (non-hydrogen) atoms. The molecule has 2 aromatic rings. The molecule has 3 heteroatoms. The van der Waals surface area contributed by atoms with Gasteiger partial charge in [0.2, 0.25) is 0 Å². The van der Waals surface area contributed by atoms with Gasteiger partial charge >= 0.3 is 0 Å². The van der Waals surface area contributed by atoms with E-state index in [1.165, 1.54) is 0 Å². The van der Waals surface area contributed by atoms with Crippen LogP contribution in [0.15, 0.2) is 35.0 Å². The Labute approximate surface area is 81.6 Å². The minimum atomic E-state index is 0.644. The van der Waals surface area contributed by atoms with Crippen molar-refractivity contribution in [3.05, 3.63) is 41.6 Å². The summed E-state index contributed by atoms with van der Waals surface area (Å²) in [5, 5.41) is 12.3. The van der Waals surface area contributed by atoms with Gasteiger partial charge in [0.05, 0.1) is 17.8 Å². The van der Waals surface area contributed by atoms with Crippen LogP contribution in [-0.4, -0.2) is 5.16 Å². The second kappa shape index (κ2) is 3.35. The van der Waals surface area contributed by atoms with E-state index >= 15 is 0 Å². The third kappa shape index (κ3) is 1.38. The average molecular weight is 184 g/mol. The number of nitrogens with zero attached hydrogens (tertiary/aromatic N) is 2. The third-order valence-electron chi connectivity index (χ3n) is 2.02. The fraction of sp³-hybridized carbons (Fsp3) is 0.0909. The summed E-state index contributed by atoms with van der Waals surface area (Å²) >= 11 is 0. The summed E-state index contributed by atoms with van der Waals surface area (Å²) in [6.45, 7) is 1.93. The van der Waals surface area contributed by atoms with E-state index in [1.54, 1.807) is 18.3 Å². The number of aryl methyl sites for hydroxylation is 1. The molecular formula is C11H8N2O. The van der Waals surface area contributed by atoms with E-state index in [9.17, 15) is 0 Å². The van der Waals surface area contributed by atoms with Crippen molar-refractivity contribution in [2.45, 2.75) is 6.92 Å². The van der Waals surface area contributed by atoms with Crippen molar-refractivity contribution in [3.63, 3.8) is 0 Å². The molecule has 0 bridgehead atoms. The fourth-order valence-electron chi connectivity index (χ4n) is 1.27. The van der Waals surface area contributed by atoms with Crippen LogP contribution in [0.4, 0.5) is 0 Å². The summed E-state index contributed by atoms with van der Waals surface area (Å²) in [6, 6.07) is 9.30. The standard InChI is InChI=1S/C11H8N2O/c1-8-7-13-14-11(8)10-4-2-9(6-12)3-5-10/h2-5,7H,1H3. The highest BCUT2D eigenvalue weighted by atomic mass is 16.5. The molecular weight excluding hydrogens is 176 g/mol. The minimum absolute atomic E-state index is 0.644. The molecule has 0 saturated carbocycles. The molecule has 0 aliphatic rings. The highest BCUT2D eigenvalue weighted by molar-refractivity contribution is 5.61. The molecule has 0 spiro atoms. The molecule has 0 saturated heterocycles. The van der Waals surface area contributed by atoms with Gasteiger partial charge in [-0.2, -0.15) is 5.26 Å². The number of benzene rings is 1. The van der Waals surface area contributed by atoms with Crippen molar-refractivity contribution in [1.82, 2.24) is 5.16 Å². The molecule has 0 aliphatic carbocycles. The largest absolute Gasteiger partial charge is 0.356 e. The van der Waals surface area contributed by atoms with Crippen molar-refractivity contribution >= 4 is 0 Å². The lowest BCUT2D eigenvalue weighted by Gasteiger charge is -1.96. The van der Waals surface area contributed by atoms with Gasteiger partial charge in [0.25, 0.3) is 0 Å². The molecule has 0 amide bonds. The van der Waals surface area contributed by atoms with Crippen molar-refractivity contribution in [3.8, 4) is 17.4 Å². The Morgan fingerprint density at radius 3 is 2.50 bits per heavy atom. The summed E-state index contributed by atoms with van der Waals surface area (Å²) < 4.78 is 5.09. The van der Waals surface area contributed by atoms with Crippen molar-refractivity contribution in [2.24, 2.45) is 0 Å². The van der Waals surface area contributed by atoms with E-state index in [4.69, 9.17) is 9.78 Å². The lowest BCUT2D eigenvalue weighted by Crippen LogP contribution is -1.78. The molecule has 1 heterocycles. The van der Waals surface area contributed by atoms with Gasteiger partial charge in [-0.15, -0.1) is 0 Å². The average Bonchev–Trinajstić information content (AvgIpc) is 2.65. The lowest BCUT2D eigenvalue weighted by molar-refractivity contribution is 0.432. The number of rotatable bonds is 1. The van der Waals surface area contributed by atoms with Gasteiger partial charge in [0.1, 0.15) is 0 Å². The molecule has 1 aromatic heterocycles. The SMILES string of the molecule is Cc1cnoc1-c1ccc(C#N)cc1. The quantitative estimate of drug-likeness (QED) is 0.684. The van der Waals surface area contributed by atoms with E-state index in [0.717, 1.165) is 16.9 Å². The first kappa shape index (κ1) is 8.52. The summed E-state index contributed by atoms with van der Waals surface area (Å²) in [6.07, 6.45) is 1.67. The van der Waals surface area contributed by atoms with Crippen molar-refractivity contribution < 1.29 is 4.52 Å². The maximum Gasteiger partial charge on any atom is 0.169 e. The first-order valence-electron chi connectivity index (χ1n) is 4.23. The number of hydrogen-bond acceptors (Lipinski definition) is 3. The second-order valence-electron chi connectivity index (χ2n) is 3.03. The van der Waals surface area contributed by atoms with Gasteiger partial charge < -0.3 is 4.52 Å². The van der Waals surface area contributed by atoms with Crippen LogP contribution in [0.3, 0.4) is 0 Å². The van der Waals surface area contributed by atoms with Gasteiger partial charge in [-0.25, -0.2) is 0 Å². The van der Waals surface area contributed by atoms with Gasteiger partial charge in [0.15, 0.2) is 5.76 Å². The smallest absolute Gasteiger partial charge is 0.169 e. The monoisotopic (exact) mass is 184 g/mol. The van der Waals surface area contributed by atoms with Gasteiger partial charge in [-0.05, 0) is 31.2 Å². The summed E-state index contributed by atoms with van der Waals surface area (Å²) in [7, 11) is 0. The zero-order valence-corrected chi connectivity index (χ0v) is 7.69. The van der Waals surface area contributed by atoms with E-state index in [1.807, 2.05) is 19.1 Å². The molecule has 0 N–H and O–H groups in total. The van der Waals surface area contributed by atoms with Crippen LogP contribution < -0.4 is 0 Å². The van der Waals surface area contributed by atoms with Crippen LogP contribution in [0.5, 0.6) is 0 Å². The summed E-state index contributed by atoms with van der Waals surface area (Å²) in [5.41, 5.74) is 2.58. The van der Waals surface area contributed by atoms with Crippen LogP contribution in [0, 0.1) is 18.3 Å². The lowest BCUT2D eigenvalue weighted by atomic mass is 10.1. The van der Waals surface area contributed by atoms with Crippen LogP contribution in [-0.2, 0) is 0 Å². The first-order valence-corrected chi connectivity index (χ1v) is 4.23. The molecule has 0 atom stereocenters. The minimum Gasteiger partial charge on any atom is -0.356 e. The zero-order valence-electron chi connectivity index (χ0n) is 7.69. The number of nitriles is 1. The zero-order chi connectivity index (χ0) is 9.97. The second-order valence-corrected chi connectivity index (χ2v) is 3.03. The highest BCUT2D eigenvalue weighted by Gasteiger charge is 2.05.